The second-order valence-corrected chi connectivity index (χ2v) is 5.21. The topological polar surface area (TPSA) is 77.0 Å². The van der Waals surface area contributed by atoms with Crippen LogP contribution < -0.4 is 5.32 Å². The summed E-state index contributed by atoms with van der Waals surface area (Å²) < 4.78 is 4.62. The molecule has 0 saturated carbocycles. The number of methoxy groups -OCH3 is 1. The Balaban J connectivity index is 1.66. The maximum atomic E-state index is 11.6. The Labute approximate surface area is 146 Å². The average Bonchev–Trinajstić information content (AvgIpc) is 2.66. The zero-order valence-corrected chi connectivity index (χ0v) is 14.0. The van der Waals surface area contributed by atoms with Crippen molar-refractivity contribution < 1.29 is 19.2 Å². The van der Waals surface area contributed by atoms with Crippen molar-refractivity contribution in [3.8, 4) is 0 Å². The lowest BCUT2D eigenvalue weighted by atomic mass is 10.1. The summed E-state index contributed by atoms with van der Waals surface area (Å²) in [5.41, 5.74) is 2.37. The molecule has 1 N–H and O–H groups in total. The van der Waals surface area contributed by atoms with E-state index in [1.807, 2.05) is 30.3 Å². The molecule has 0 unspecified atom stereocenters. The van der Waals surface area contributed by atoms with Gasteiger partial charge in [-0.15, -0.1) is 0 Å². The Morgan fingerprint density at radius 2 is 1.80 bits per heavy atom. The maximum Gasteiger partial charge on any atom is 0.337 e. The highest BCUT2D eigenvalue weighted by molar-refractivity contribution is 5.90. The van der Waals surface area contributed by atoms with Gasteiger partial charge >= 0.3 is 5.97 Å². The van der Waals surface area contributed by atoms with Crippen LogP contribution in [0, 0.1) is 0 Å². The number of benzene rings is 2. The molecule has 0 radical (unpaired) electrons. The van der Waals surface area contributed by atoms with E-state index in [1.54, 1.807) is 24.3 Å². The first-order valence-electron chi connectivity index (χ1n) is 7.83. The number of hydrogen-bond acceptors (Lipinski definition) is 5. The number of ether oxygens (including phenoxy) is 1. The molecule has 6 nitrogen and oxygen atoms in total. The lowest BCUT2D eigenvalue weighted by molar-refractivity contribution is -0.125. The van der Waals surface area contributed by atoms with E-state index < -0.39 is 5.97 Å². The first-order valence-corrected chi connectivity index (χ1v) is 7.83. The van der Waals surface area contributed by atoms with E-state index in [-0.39, 0.29) is 12.5 Å². The Morgan fingerprint density at radius 1 is 1.08 bits per heavy atom. The number of rotatable bonds is 8. The van der Waals surface area contributed by atoms with Gasteiger partial charge in [-0.05, 0) is 29.7 Å². The number of oxime groups is 1. The van der Waals surface area contributed by atoms with Crippen molar-refractivity contribution in [2.75, 3.05) is 20.3 Å². The fraction of sp³-hybridized carbons (Fsp3) is 0.211. The second-order valence-electron chi connectivity index (χ2n) is 5.21. The first-order chi connectivity index (χ1) is 12.2. The summed E-state index contributed by atoms with van der Waals surface area (Å²) in [5, 5.41) is 6.51. The molecule has 6 heteroatoms. The fourth-order valence-electron chi connectivity index (χ4n) is 2.06. The third-order valence-electron chi connectivity index (χ3n) is 3.38. The minimum absolute atomic E-state index is 0.147. The van der Waals surface area contributed by atoms with Gasteiger partial charge in [-0.25, -0.2) is 4.79 Å². The Hall–Kier alpha value is -3.15. The maximum absolute atomic E-state index is 11.6. The number of esters is 1. The summed E-state index contributed by atoms with van der Waals surface area (Å²) in [4.78, 5) is 27.9. The summed E-state index contributed by atoms with van der Waals surface area (Å²) >= 11 is 0. The van der Waals surface area contributed by atoms with Crippen molar-refractivity contribution >= 4 is 18.1 Å². The van der Waals surface area contributed by atoms with Gasteiger partial charge in [0.25, 0.3) is 5.91 Å². The SMILES string of the molecule is COC(=O)c1ccc(/C=N/OCC(=O)NCCc2ccccc2)cc1. The minimum atomic E-state index is -0.396. The van der Waals surface area contributed by atoms with Crippen LogP contribution in [0.1, 0.15) is 21.5 Å². The molecular weight excluding hydrogens is 320 g/mol. The smallest absolute Gasteiger partial charge is 0.337 e. The normalized spacial score (nSPS) is 10.4. The summed E-state index contributed by atoms with van der Waals surface area (Å²) in [6.07, 6.45) is 2.24. The van der Waals surface area contributed by atoms with Crippen LogP contribution >= 0.6 is 0 Å². The Kier molecular flexibility index (Phi) is 7.18. The molecule has 0 spiro atoms. The van der Waals surface area contributed by atoms with E-state index in [1.165, 1.54) is 13.3 Å². The Morgan fingerprint density at radius 3 is 2.48 bits per heavy atom. The highest BCUT2D eigenvalue weighted by atomic mass is 16.6. The zero-order chi connectivity index (χ0) is 17.9. The van der Waals surface area contributed by atoms with E-state index in [4.69, 9.17) is 4.84 Å². The standard InChI is InChI=1S/C19H20N2O4/c1-24-19(23)17-9-7-16(8-10-17)13-21-25-14-18(22)20-12-11-15-5-3-2-4-6-15/h2-10,13H,11-12,14H2,1H3,(H,20,22)/b21-13+. The lowest BCUT2D eigenvalue weighted by Crippen LogP contribution is -2.28. The predicted octanol–water partition coefficient (Wildman–Crippen LogP) is 2.18. The van der Waals surface area contributed by atoms with Gasteiger partial charge in [-0.2, -0.15) is 0 Å². The van der Waals surface area contributed by atoms with Crippen molar-refractivity contribution in [3.05, 3.63) is 71.3 Å². The van der Waals surface area contributed by atoms with Crippen molar-refractivity contribution in [2.45, 2.75) is 6.42 Å². The number of carbonyl (C=O) groups excluding carboxylic acids is 2. The molecule has 2 aromatic rings. The molecule has 0 fully saturated rings. The largest absolute Gasteiger partial charge is 0.465 e. The quantitative estimate of drug-likeness (QED) is 0.454. The monoisotopic (exact) mass is 340 g/mol. The molecule has 0 atom stereocenters. The molecule has 2 aromatic carbocycles. The van der Waals surface area contributed by atoms with Gasteiger partial charge in [0.1, 0.15) is 0 Å². The summed E-state index contributed by atoms with van der Waals surface area (Å²) in [6, 6.07) is 16.6. The highest BCUT2D eigenvalue weighted by Crippen LogP contribution is 2.04. The minimum Gasteiger partial charge on any atom is -0.465 e. The van der Waals surface area contributed by atoms with Crippen LogP contribution in [-0.2, 0) is 20.8 Å². The van der Waals surface area contributed by atoms with Crippen molar-refractivity contribution in [3.63, 3.8) is 0 Å². The number of amides is 1. The van der Waals surface area contributed by atoms with Crippen LogP contribution in [0.3, 0.4) is 0 Å². The molecule has 130 valence electrons. The molecule has 0 aromatic heterocycles. The third-order valence-corrected chi connectivity index (χ3v) is 3.38. The van der Waals surface area contributed by atoms with Crippen LogP contribution in [0.5, 0.6) is 0 Å². The van der Waals surface area contributed by atoms with Crippen LogP contribution in [0.4, 0.5) is 0 Å². The molecule has 25 heavy (non-hydrogen) atoms. The van der Waals surface area contributed by atoms with Gasteiger partial charge in [0.15, 0.2) is 6.61 Å². The summed E-state index contributed by atoms with van der Waals surface area (Å²) in [6.45, 7) is 0.399. The van der Waals surface area contributed by atoms with Gasteiger partial charge in [0.05, 0.1) is 18.9 Å². The van der Waals surface area contributed by atoms with Crippen LogP contribution in [-0.4, -0.2) is 38.4 Å². The molecular formula is C19H20N2O4. The van der Waals surface area contributed by atoms with Crippen LogP contribution in [0.2, 0.25) is 0 Å². The van der Waals surface area contributed by atoms with Gasteiger partial charge in [-0.1, -0.05) is 47.6 Å². The molecule has 0 saturated heterocycles. The van der Waals surface area contributed by atoms with E-state index in [2.05, 4.69) is 15.2 Å². The van der Waals surface area contributed by atoms with Gasteiger partial charge in [-0.3, -0.25) is 4.79 Å². The van der Waals surface area contributed by atoms with Gasteiger partial charge < -0.3 is 14.9 Å². The Bertz CT molecular complexity index is 712. The zero-order valence-electron chi connectivity index (χ0n) is 14.0. The molecule has 0 aliphatic carbocycles. The predicted molar refractivity (Wildman–Crippen MR) is 94.5 cm³/mol. The summed E-state index contributed by atoms with van der Waals surface area (Å²) in [5.74, 6) is -0.624. The highest BCUT2D eigenvalue weighted by Gasteiger charge is 2.03. The van der Waals surface area contributed by atoms with Crippen molar-refractivity contribution in [1.29, 1.82) is 0 Å². The molecule has 2 rings (SSSR count). The molecule has 0 heterocycles. The van der Waals surface area contributed by atoms with E-state index in [0.717, 1.165) is 17.5 Å². The van der Waals surface area contributed by atoms with Gasteiger partial charge in [0, 0.05) is 6.54 Å². The van der Waals surface area contributed by atoms with E-state index >= 15 is 0 Å². The number of nitrogens with zero attached hydrogens (tertiary/aromatic N) is 1. The molecule has 0 aliphatic rings. The van der Waals surface area contributed by atoms with Crippen molar-refractivity contribution in [1.82, 2.24) is 5.32 Å². The average molecular weight is 340 g/mol. The van der Waals surface area contributed by atoms with Crippen LogP contribution in [0.25, 0.3) is 0 Å². The number of hydrogen-bond donors (Lipinski definition) is 1. The third kappa shape index (κ3) is 6.47. The first kappa shape index (κ1) is 18.2. The number of carbonyl (C=O) groups is 2. The molecule has 0 bridgehead atoms. The second kappa shape index (κ2) is 9.87. The lowest BCUT2D eigenvalue weighted by Gasteiger charge is -2.04. The van der Waals surface area contributed by atoms with E-state index in [0.29, 0.717) is 12.1 Å². The number of nitrogens with one attached hydrogen (secondary N) is 1. The molecule has 1 amide bonds. The summed E-state index contributed by atoms with van der Waals surface area (Å²) in [7, 11) is 1.33. The van der Waals surface area contributed by atoms with Gasteiger partial charge in [0.2, 0.25) is 0 Å². The van der Waals surface area contributed by atoms with Crippen LogP contribution in [0.15, 0.2) is 59.8 Å². The van der Waals surface area contributed by atoms with E-state index in [9.17, 15) is 9.59 Å². The molecule has 0 aliphatic heterocycles. The fourth-order valence-corrected chi connectivity index (χ4v) is 2.06. The van der Waals surface area contributed by atoms with Crippen molar-refractivity contribution in [2.24, 2.45) is 5.16 Å².